The minimum absolute atomic E-state index is 0.767. The standard InChI is InChI=1S/C11H18FNO9/c1-3(15)13-5-7(18)9(12)11(21,10(19)20)22-8(5)6(17)4(16)2-14/h4-9,14,16-18,21H,2H2,1H3,(H,13,15)(H,19,20)/t4-,5-,6-,7-,8-,9+,11-/m1/s1. The molecule has 0 spiro atoms. The van der Waals surface area contributed by atoms with Crippen molar-refractivity contribution in [3.63, 3.8) is 0 Å². The topological polar surface area (TPSA) is 177 Å². The van der Waals surface area contributed by atoms with Crippen molar-refractivity contribution >= 4 is 11.9 Å². The van der Waals surface area contributed by atoms with Gasteiger partial charge >= 0.3 is 11.8 Å². The largest absolute Gasteiger partial charge is 0.477 e. The van der Waals surface area contributed by atoms with Crippen molar-refractivity contribution in [2.24, 2.45) is 0 Å². The van der Waals surface area contributed by atoms with Crippen LogP contribution in [0, 0.1) is 0 Å². The minimum atomic E-state index is -3.49. The number of carbonyl (C=O) groups is 2. The van der Waals surface area contributed by atoms with E-state index in [1.54, 1.807) is 0 Å². The quantitative estimate of drug-likeness (QED) is 0.266. The molecule has 0 aromatic rings. The van der Waals surface area contributed by atoms with Gasteiger partial charge in [-0.25, -0.2) is 9.18 Å². The lowest BCUT2D eigenvalue weighted by Gasteiger charge is -2.46. The highest BCUT2D eigenvalue weighted by atomic mass is 19.1. The Balaban J connectivity index is 3.19. The zero-order valence-corrected chi connectivity index (χ0v) is 11.5. The number of aliphatic hydroxyl groups is 5. The molecule has 0 unspecified atom stereocenters. The highest BCUT2D eigenvalue weighted by Gasteiger charge is 2.61. The number of hydrogen-bond donors (Lipinski definition) is 7. The molecule has 1 rings (SSSR count). The van der Waals surface area contributed by atoms with Crippen molar-refractivity contribution in [3.05, 3.63) is 0 Å². The van der Waals surface area contributed by atoms with E-state index in [0.717, 1.165) is 6.92 Å². The molecule has 0 aliphatic carbocycles. The Morgan fingerprint density at radius 1 is 1.41 bits per heavy atom. The fourth-order valence-corrected chi connectivity index (χ4v) is 2.13. The third kappa shape index (κ3) is 3.34. The molecule has 1 heterocycles. The number of carboxylic acid groups (broad SMARTS) is 1. The van der Waals surface area contributed by atoms with Crippen molar-refractivity contribution in [3.8, 4) is 0 Å². The molecule has 0 aromatic heterocycles. The molecule has 0 aromatic carbocycles. The first-order chi connectivity index (χ1) is 10.1. The maximum Gasteiger partial charge on any atom is 0.367 e. The number of halogens is 1. The zero-order valence-electron chi connectivity index (χ0n) is 11.5. The lowest BCUT2D eigenvalue weighted by atomic mass is 9.87. The number of aliphatic hydroxyl groups excluding tert-OH is 4. The first-order valence-corrected chi connectivity index (χ1v) is 6.26. The van der Waals surface area contributed by atoms with Crippen LogP contribution >= 0.6 is 0 Å². The Morgan fingerprint density at radius 3 is 2.36 bits per heavy atom. The van der Waals surface area contributed by atoms with E-state index >= 15 is 0 Å². The third-order valence-corrected chi connectivity index (χ3v) is 3.31. The monoisotopic (exact) mass is 327 g/mol. The maximum atomic E-state index is 13.9. The summed E-state index contributed by atoms with van der Waals surface area (Å²) in [6, 6.07) is -1.66. The van der Waals surface area contributed by atoms with Crippen molar-refractivity contribution < 1.29 is 49.4 Å². The number of carboxylic acids is 1. The van der Waals surface area contributed by atoms with Crippen LogP contribution in [0.5, 0.6) is 0 Å². The Hall–Kier alpha value is -1.37. The van der Waals surface area contributed by atoms with E-state index in [2.05, 4.69) is 4.74 Å². The summed E-state index contributed by atoms with van der Waals surface area (Å²) >= 11 is 0. The highest BCUT2D eigenvalue weighted by molar-refractivity contribution is 5.77. The summed E-state index contributed by atoms with van der Waals surface area (Å²) in [6.07, 6.45) is -10.8. The second kappa shape index (κ2) is 6.81. The van der Waals surface area contributed by atoms with Gasteiger partial charge in [0.2, 0.25) is 5.91 Å². The van der Waals surface area contributed by atoms with Crippen LogP contribution in [0.4, 0.5) is 4.39 Å². The first-order valence-electron chi connectivity index (χ1n) is 6.26. The van der Waals surface area contributed by atoms with Gasteiger partial charge in [0.25, 0.3) is 0 Å². The van der Waals surface area contributed by atoms with E-state index in [1.807, 2.05) is 5.32 Å². The molecule has 7 N–H and O–H groups in total. The molecule has 1 amide bonds. The Bertz CT molecular complexity index is 436. The van der Waals surface area contributed by atoms with E-state index in [1.165, 1.54) is 0 Å². The maximum absolute atomic E-state index is 13.9. The number of ether oxygens (including phenoxy) is 1. The van der Waals surface area contributed by atoms with Gasteiger partial charge in [0.15, 0.2) is 6.17 Å². The smallest absolute Gasteiger partial charge is 0.367 e. The van der Waals surface area contributed by atoms with Crippen LogP contribution in [-0.2, 0) is 14.3 Å². The van der Waals surface area contributed by atoms with Crippen molar-refractivity contribution in [1.82, 2.24) is 5.32 Å². The summed E-state index contributed by atoms with van der Waals surface area (Å²) < 4.78 is 18.5. The van der Waals surface area contributed by atoms with Crippen LogP contribution < -0.4 is 5.32 Å². The number of amides is 1. The number of alkyl halides is 1. The van der Waals surface area contributed by atoms with Gasteiger partial charge in [-0.1, -0.05) is 0 Å². The average Bonchev–Trinajstić information content (AvgIpc) is 2.45. The predicted molar refractivity (Wildman–Crippen MR) is 65.1 cm³/mol. The molecule has 10 nitrogen and oxygen atoms in total. The van der Waals surface area contributed by atoms with Crippen molar-refractivity contribution in [2.75, 3.05) is 6.61 Å². The molecular weight excluding hydrogens is 309 g/mol. The Labute approximate surface area is 123 Å². The molecule has 1 saturated heterocycles. The third-order valence-electron chi connectivity index (χ3n) is 3.31. The molecule has 0 radical (unpaired) electrons. The molecule has 1 aliphatic rings. The van der Waals surface area contributed by atoms with Gasteiger partial charge in [-0.2, -0.15) is 0 Å². The summed E-state index contributed by atoms with van der Waals surface area (Å²) in [4.78, 5) is 22.1. The summed E-state index contributed by atoms with van der Waals surface area (Å²) in [5, 5.41) is 58.4. The Morgan fingerprint density at radius 2 is 1.95 bits per heavy atom. The van der Waals surface area contributed by atoms with E-state index < -0.39 is 60.9 Å². The summed E-state index contributed by atoms with van der Waals surface area (Å²) in [6.45, 7) is 0.0400. The van der Waals surface area contributed by atoms with E-state index in [0.29, 0.717) is 0 Å². The van der Waals surface area contributed by atoms with Crippen LogP contribution in [0.2, 0.25) is 0 Å². The van der Waals surface area contributed by atoms with E-state index in [4.69, 9.17) is 10.2 Å². The second-order valence-corrected chi connectivity index (χ2v) is 4.94. The number of aliphatic carboxylic acids is 1. The van der Waals surface area contributed by atoms with E-state index in [-0.39, 0.29) is 0 Å². The zero-order chi connectivity index (χ0) is 17.2. The number of nitrogens with one attached hydrogen (secondary N) is 1. The first kappa shape index (κ1) is 18.7. The normalized spacial score (nSPS) is 38.1. The van der Waals surface area contributed by atoms with Gasteiger partial charge < -0.3 is 40.7 Å². The molecule has 7 atom stereocenters. The fraction of sp³-hybridized carbons (Fsp3) is 0.818. The number of rotatable bonds is 5. The van der Waals surface area contributed by atoms with Gasteiger partial charge in [0.1, 0.15) is 24.4 Å². The molecular formula is C11H18FNO9. The molecule has 0 saturated carbocycles. The van der Waals surface area contributed by atoms with Crippen molar-refractivity contribution in [1.29, 1.82) is 0 Å². The lowest BCUT2D eigenvalue weighted by Crippen LogP contribution is -2.72. The van der Waals surface area contributed by atoms with Crippen LogP contribution in [0.25, 0.3) is 0 Å². The highest BCUT2D eigenvalue weighted by Crippen LogP contribution is 2.32. The van der Waals surface area contributed by atoms with Crippen LogP contribution in [0.15, 0.2) is 0 Å². The average molecular weight is 327 g/mol. The number of hydrogen-bond acceptors (Lipinski definition) is 8. The molecule has 1 aliphatic heterocycles. The molecule has 22 heavy (non-hydrogen) atoms. The predicted octanol–water partition coefficient (Wildman–Crippen LogP) is -3.92. The van der Waals surface area contributed by atoms with Gasteiger partial charge in [-0.15, -0.1) is 0 Å². The minimum Gasteiger partial charge on any atom is -0.477 e. The lowest BCUT2D eigenvalue weighted by molar-refractivity contribution is -0.320. The Kier molecular flexibility index (Phi) is 5.78. The van der Waals surface area contributed by atoms with Gasteiger partial charge in [0, 0.05) is 6.92 Å². The van der Waals surface area contributed by atoms with Crippen molar-refractivity contribution in [2.45, 2.75) is 49.3 Å². The van der Waals surface area contributed by atoms with Gasteiger partial charge in [-0.3, -0.25) is 4.79 Å². The molecule has 128 valence electrons. The molecule has 0 bridgehead atoms. The second-order valence-electron chi connectivity index (χ2n) is 4.94. The molecule has 11 heteroatoms. The summed E-state index contributed by atoms with van der Waals surface area (Å²) in [5.41, 5.74) is 0. The summed E-state index contributed by atoms with van der Waals surface area (Å²) in [5.74, 6) is -6.43. The number of carbonyl (C=O) groups excluding carboxylic acids is 1. The van der Waals surface area contributed by atoms with Crippen LogP contribution in [-0.4, -0.2) is 91.5 Å². The fourth-order valence-electron chi connectivity index (χ4n) is 2.13. The van der Waals surface area contributed by atoms with Crippen LogP contribution in [0.1, 0.15) is 6.92 Å². The molecule has 1 fully saturated rings. The van der Waals surface area contributed by atoms with Gasteiger partial charge in [-0.05, 0) is 0 Å². The van der Waals surface area contributed by atoms with Gasteiger partial charge in [0.05, 0.1) is 12.6 Å². The SMILES string of the molecule is CC(=O)N[C@@H]1[C@@H](O)[C@H](F)[C@](O)(C(=O)O)O[C@H]1[C@H](O)[C@H](O)CO. The van der Waals surface area contributed by atoms with E-state index in [9.17, 15) is 34.4 Å². The summed E-state index contributed by atoms with van der Waals surface area (Å²) in [7, 11) is 0. The van der Waals surface area contributed by atoms with Crippen LogP contribution in [0.3, 0.4) is 0 Å².